The van der Waals surface area contributed by atoms with Gasteiger partial charge in [0.1, 0.15) is 18.0 Å². The molecule has 31 heavy (non-hydrogen) atoms. The van der Waals surface area contributed by atoms with Gasteiger partial charge in [-0.3, -0.25) is 10.1 Å². The first-order valence-electron chi connectivity index (χ1n) is 9.42. The molecule has 0 saturated carbocycles. The predicted molar refractivity (Wildman–Crippen MR) is 111 cm³/mol. The molecule has 0 amide bonds. The van der Waals surface area contributed by atoms with Gasteiger partial charge in [-0.25, -0.2) is 22.8 Å². The summed E-state index contributed by atoms with van der Waals surface area (Å²) in [5, 5.41) is 10.8. The molecule has 2 heterocycles. The fourth-order valence-corrected chi connectivity index (χ4v) is 4.77. The summed E-state index contributed by atoms with van der Waals surface area (Å²) in [6.45, 7) is 1.34. The topological polar surface area (TPSA) is 110 Å². The van der Waals surface area contributed by atoms with Crippen LogP contribution in [0.3, 0.4) is 0 Å². The van der Waals surface area contributed by atoms with Crippen LogP contribution in [0.5, 0.6) is 0 Å². The maximum Gasteiger partial charge on any atom is 0.269 e. The number of anilines is 1. The molecule has 0 spiro atoms. The van der Waals surface area contributed by atoms with Crippen LogP contribution in [0.2, 0.25) is 0 Å². The van der Waals surface area contributed by atoms with E-state index in [0.717, 1.165) is 5.56 Å². The highest BCUT2D eigenvalue weighted by Crippen LogP contribution is 2.24. The third-order valence-electron chi connectivity index (χ3n) is 5.04. The smallest absolute Gasteiger partial charge is 0.269 e. The average molecular weight is 443 g/mol. The van der Waals surface area contributed by atoms with Crippen LogP contribution in [0.1, 0.15) is 0 Å². The Bertz CT molecular complexity index is 1190. The molecule has 3 aromatic rings. The van der Waals surface area contributed by atoms with E-state index in [0.29, 0.717) is 24.6 Å². The van der Waals surface area contributed by atoms with E-state index in [1.54, 1.807) is 18.2 Å². The SMILES string of the molecule is O=[N+]([O-])c1ccc(S(=O)(=O)N2CCN(c3cc(-c4ccc(F)cc4)ncn3)CC2)cc1. The van der Waals surface area contributed by atoms with E-state index in [-0.39, 0.29) is 29.5 Å². The van der Waals surface area contributed by atoms with Crippen LogP contribution in [-0.2, 0) is 10.0 Å². The molecule has 9 nitrogen and oxygen atoms in total. The van der Waals surface area contributed by atoms with Crippen LogP contribution < -0.4 is 4.90 Å². The number of nitro benzene ring substituents is 1. The summed E-state index contributed by atoms with van der Waals surface area (Å²) in [6.07, 6.45) is 1.42. The van der Waals surface area contributed by atoms with Crippen molar-refractivity contribution in [3.8, 4) is 11.3 Å². The zero-order valence-electron chi connectivity index (χ0n) is 16.3. The van der Waals surface area contributed by atoms with E-state index in [1.807, 2.05) is 4.90 Å². The van der Waals surface area contributed by atoms with Crippen LogP contribution >= 0.6 is 0 Å². The zero-order chi connectivity index (χ0) is 22.0. The van der Waals surface area contributed by atoms with Crippen LogP contribution in [0.15, 0.2) is 65.8 Å². The molecule has 0 unspecified atom stereocenters. The van der Waals surface area contributed by atoms with Crippen LogP contribution in [0.4, 0.5) is 15.9 Å². The van der Waals surface area contributed by atoms with Gasteiger partial charge in [0, 0.05) is 49.9 Å². The van der Waals surface area contributed by atoms with Crippen molar-refractivity contribution in [2.75, 3.05) is 31.1 Å². The number of rotatable bonds is 5. The standard InChI is InChI=1S/C20H18FN5O4S/c21-16-3-1-15(2-4-16)19-13-20(23-14-22-19)24-9-11-25(12-10-24)31(29,30)18-7-5-17(6-8-18)26(27)28/h1-8,13-14H,9-12H2. The summed E-state index contributed by atoms with van der Waals surface area (Å²) in [5.41, 5.74) is 1.24. The lowest BCUT2D eigenvalue weighted by atomic mass is 10.1. The second kappa shape index (κ2) is 8.36. The summed E-state index contributed by atoms with van der Waals surface area (Å²) in [5.74, 6) is 0.324. The van der Waals surface area contributed by atoms with Gasteiger partial charge >= 0.3 is 0 Å². The summed E-state index contributed by atoms with van der Waals surface area (Å²) >= 11 is 0. The lowest BCUT2D eigenvalue weighted by Crippen LogP contribution is -2.48. The molecular formula is C20H18FN5O4S. The molecule has 0 N–H and O–H groups in total. The van der Waals surface area contributed by atoms with Crippen molar-refractivity contribution in [2.45, 2.75) is 4.90 Å². The Morgan fingerprint density at radius 2 is 1.58 bits per heavy atom. The molecule has 1 aliphatic heterocycles. The molecule has 11 heteroatoms. The molecule has 0 radical (unpaired) electrons. The molecule has 2 aromatic carbocycles. The molecular weight excluding hydrogens is 425 g/mol. The normalized spacial score (nSPS) is 15.1. The molecule has 1 saturated heterocycles. The molecule has 0 bridgehead atoms. The van der Waals surface area contributed by atoms with Crippen molar-refractivity contribution in [3.05, 3.63) is 76.9 Å². The number of aromatic nitrogens is 2. The number of piperazine rings is 1. The minimum Gasteiger partial charge on any atom is -0.354 e. The Kier molecular flexibility index (Phi) is 5.61. The lowest BCUT2D eigenvalue weighted by Gasteiger charge is -2.34. The first kappa shape index (κ1) is 20.8. The van der Waals surface area contributed by atoms with Gasteiger partial charge in [0.25, 0.3) is 5.69 Å². The van der Waals surface area contributed by atoms with Gasteiger partial charge in [-0.05, 0) is 36.4 Å². The number of nitrogens with zero attached hydrogens (tertiary/aromatic N) is 5. The van der Waals surface area contributed by atoms with Crippen LogP contribution in [0, 0.1) is 15.9 Å². The molecule has 1 aromatic heterocycles. The molecule has 0 aliphatic carbocycles. The molecule has 160 valence electrons. The first-order valence-corrected chi connectivity index (χ1v) is 10.9. The zero-order valence-corrected chi connectivity index (χ0v) is 17.1. The van der Waals surface area contributed by atoms with E-state index in [4.69, 9.17) is 0 Å². The van der Waals surface area contributed by atoms with Crippen molar-refractivity contribution in [3.63, 3.8) is 0 Å². The fourth-order valence-electron chi connectivity index (χ4n) is 3.34. The van der Waals surface area contributed by atoms with Crippen molar-refractivity contribution in [2.24, 2.45) is 0 Å². The number of halogens is 1. The van der Waals surface area contributed by atoms with E-state index in [1.165, 1.54) is 47.0 Å². The minimum absolute atomic E-state index is 0.0205. The highest BCUT2D eigenvalue weighted by molar-refractivity contribution is 7.89. The minimum atomic E-state index is -3.75. The maximum atomic E-state index is 13.2. The van der Waals surface area contributed by atoms with Crippen molar-refractivity contribution in [1.29, 1.82) is 0 Å². The highest BCUT2D eigenvalue weighted by Gasteiger charge is 2.29. The summed E-state index contributed by atoms with van der Waals surface area (Å²) in [7, 11) is -3.75. The summed E-state index contributed by atoms with van der Waals surface area (Å²) < 4.78 is 40.2. The van der Waals surface area contributed by atoms with Crippen molar-refractivity contribution in [1.82, 2.24) is 14.3 Å². The molecule has 0 atom stereocenters. The molecule has 4 rings (SSSR count). The summed E-state index contributed by atoms with van der Waals surface area (Å²) in [6, 6.07) is 12.6. The van der Waals surface area contributed by atoms with Gasteiger partial charge in [0.15, 0.2) is 0 Å². The number of hydrogen-bond acceptors (Lipinski definition) is 7. The third-order valence-corrected chi connectivity index (χ3v) is 6.95. The van der Waals surface area contributed by atoms with E-state index in [9.17, 15) is 22.9 Å². The van der Waals surface area contributed by atoms with Gasteiger partial charge in [-0.1, -0.05) is 0 Å². The lowest BCUT2D eigenvalue weighted by molar-refractivity contribution is -0.384. The van der Waals surface area contributed by atoms with Gasteiger partial charge in [0.05, 0.1) is 15.5 Å². The number of hydrogen-bond donors (Lipinski definition) is 0. The predicted octanol–water partition coefficient (Wildman–Crippen LogP) is 2.70. The quantitative estimate of drug-likeness (QED) is 0.440. The number of nitro groups is 1. The van der Waals surface area contributed by atoms with Crippen LogP contribution in [-0.4, -0.2) is 53.8 Å². The van der Waals surface area contributed by atoms with Crippen molar-refractivity contribution >= 4 is 21.5 Å². The highest BCUT2D eigenvalue weighted by atomic mass is 32.2. The van der Waals surface area contributed by atoms with E-state index in [2.05, 4.69) is 9.97 Å². The van der Waals surface area contributed by atoms with Gasteiger partial charge in [0.2, 0.25) is 10.0 Å². The van der Waals surface area contributed by atoms with Gasteiger partial charge in [-0.2, -0.15) is 4.31 Å². The second-order valence-electron chi connectivity index (χ2n) is 6.91. The van der Waals surface area contributed by atoms with Gasteiger partial charge < -0.3 is 4.90 Å². The fraction of sp³-hybridized carbons (Fsp3) is 0.200. The number of sulfonamides is 1. The first-order chi connectivity index (χ1) is 14.8. The van der Waals surface area contributed by atoms with Crippen molar-refractivity contribution < 1.29 is 17.7 Å². The largest absolute Gasteiger partial charge is 0.354 e. The number of benzene rings is 2. The molecule has 1 aliphatic rings. The van der Waals surface area contributed by atoms with E-state index < -0.39 is 14.9 Å². The average Bonchev–Trinajstić information content (AvgIpc) is 2.80. The second-order valence-corrected chi connectivity index (χ2v) is 8.85. The monoisotopic (exact) mass is 443 g/mol. The third kappa shape index (κ3) is 4.37. The van der Waals surface area contributed by atoms with E-state index >= 15 is 0 Å². The maximum absolute atomic E-state index is 13.2. The van der Waals surface area contributed by atoms with Gasteiger partial charge in [-0.15, -0.1) is 0 Å². The Morgan fingerprint density at radius 3 is 2.19 bits per heavy atom. The Labute approximate surface area is 178 Å². The summed E-state index contributed by atoms with van der Waals surface area (Å²) in [4.78, 5) is 20.7. The Balaban J connectivity index is 1.46. The number of non-ortho nitro benzene ring substituents is 1. The Morgan fingerprint density at radius 1 is 0.935 bits per heavy atom. The molecule has 1 fully saturated rings. The van der Waals surface area contributed by atoms with Crippen LogP contribution in [0.25, 0.3) is 11.3 Å². The Hall–Kier alpha value is -3.44.